The number of carbonyl (C=O) groups excluding carboxylic acids is 1. The van der Waals surface area contributed by atoms with Crippen molar-refractivity contribution in [1.29, 1.82) is 0 Å². The van der Waals surface area contributed by atoms with Crippen LogP contribution in [0.5, 0.6) is 5.75 Å². The first-order valence-corrected chi connectivity index (χ1v) is 11.1. The van der Waals surface area contributed by atoms with Crippen LogP contribution >= 0.6 is 11.6 Å². The molecule has 29 heavy (non-hydrogen) atoms. The minimum Gasteiger partial charge on any atom is -0.492 e. The van der Waals surface area contributed by atoms with E-state index in [1.165, 1.54) is 0 Å². The third-order valence-corrected chi connectivity index (χ3v) is 5.91. The Kier molecular flexibility index (Phi) is 9.25. The van der Waals surface area contributed by atoms with Gasteiger partial charge in [0, 0.05) is 25.8 Å². The predicted molar refractivity (Wildman–Crippen MR) is 118 cm³/mol. The monoisotopic (exact) mass is 425 g/mol. The molecule has 0 aliphatic heterocycles. The van der Waals surface area contributed by atoms with Crippen molar-refractivity contribution < 1.29 is 19.0 Å². The van der Waals surface area contributed by atoms with Gasteiger partial charge in [-0.05, 0) is 51.3 Å². The molecule has 164 valence electrons. The summed E-state index contributed by atoms with van der Waals surface area (Å²) in [5.74, 6) is 0.530. The normalized spacial score (nSPS) is 16.9. The Morgan fingerprint density at radius 2 is 1.86 bits per heavy atom. The van der Waals surface area contributed by atoms with Gasteiger partial charge in [-0.1, -0.05) is 44.2 Å². The largest absolute Gasteiger partial charge is 0.492 e. The van der Waals surface area contributed by atoms with Gasteiger partial charge in [-0.2, -0.15) is 0 Å². The molecule has 1 aliphatic carbocycles. The molecule has 1 aromatic carbocycles. The summed E-state index contributed by atoms with van der Waals surface area (Å²) in [6, 6.07) is 5.36. The van der Waals surface area contributed by atoms with E-state index < -0.39 is 5.60 Å². The van der Waals surface area contributed by atoms with Gasteiger partial charge in [-0.3, -0.25) is 4.79 Å². The van der Waals surface area contributed by atoms with Crippen LogP contribution in [0.4, 0.5) is 5.69 Å². The zero-order chi connectivity index (χ0) is 21.3. The van der Waals surface area contributed by atoms with E-state index in [1.807, 2.05) is 19.9 Å². The van der Waals surface area contributed by atoms with Crippen LogP contribution in [0.15, 0.2) is 18.2 Å². The first kappa shape index (κ1) is 24.0. The van der Waals surface area contributed by atoms with E-state index in [0.29, 0.717) is 29.7 Å². The second-order valence-corrected chi connectivity index (χ2v) is 8.83. The van der Waals surface area contributed by atoms with E-state index in [-0.39, 0.29) is 11.5 Å². The fraction of sp³-hybridized carbons (Fsp3) is 0.696. The van der Waals surface area contributed by atoms with Crippen molar-refractivity contribution >= 4 is 23.2 Å². The van der Waals surface area contributed by atoms with E-state index in [4.69, 9.17) is 25.8 Å². The molecule has 2 rings (SSSR count). The molecule has 0 spiro atoms. The average molecular weight is 426 g/mol. The Balaban J connectivity index is 2.02. The van der Waals surface area contributed by atoms with Gasteiger partial charge in [-0.15, -0.1) is 0 Å². The van der Waals surface area contributed by atoms with E-state index in [2.05, 4.69) is 12.2 Å². The van der Waals surface area contributed by atoms with E-state index >= 15 is 0 Å². The Morgan fingerprint density at radius 1 is 1.17 bits per heavy atom. The van der Waals surface area contributed by atoms with Gasteiger partial charge in [0.05, 0.1) is 17.2 Å². The Morgan fingerprint density at radius 3 is 2.45 bits per heavy atom. The van der Waals surface area contributed by atoms with Gasteiger partial charge in [0.25, 0.3) is 5.91 Å². The number of nitrogens with one attached hydrogen (secondary N) is 1. The van der Waals surface area contributed by atoms with Crippen molar-refractivity contribution in [3.63, 3.8) is 0 Å². The number of ether oxygens (including phenoxy) is 3. The van der Waals surface area contributed by atoms with Crippen LogP contribution in [0.25, 0.3) is 0 Å². The summed E-state index contributed by atoms with van der Waals surface area (Å²) in [5, 5.41) is 3.50. The number of rotatable bonds is 10. The number of amides is 1. The summed E-state index contributed by atoms with van der Waals surface area (Å²) in [6.07, 6.45) is 7.52. The Bertz CT molecular complexity index is 654. The van der Waals surface area contributed by atoms with Gasteiger partial charge >= 0.3 is 0 Å². The molecule has 0 bridgehead atoms. The van der Waals surface area contributed by atoms with E-state index in [1.54, 1.807) is 19.2 Å². The standard InChI is InChI=1S/C23H36ClNO4/c1-5-15-29-23(12-8-6-7-9-13-23)21(26)25-18-10-11-20(19(24)17-18)28-16-14-22(2,3)27-4/h10-11,17H,5-9,12-16H2,1-4H3,(H,25,26). The number of hydrogen-bond donors (Lipinski definition) is 1. The molecular weight excluding hydrogens is 390 g/mol. The molecule has 0 radical (unpaired) electrons. The molecule has 0 atom stereocenters. The van der Waals surface area contributed by atoms with Crippen LogP contribution in [0, 0.1) is 0 Å². The first-order chi connectivity index (χ1) is 13.8. The van der Waals surface area contributed by atoms with Crippen molar-refractivity contribution in [2.24, 2.45) is 0 Å². The van der Waals surface area contributed by atoms with E-state index in [9.17, 15) is 4.79 Å². The van der Waals surface area contributed by atoms with Gasteiger partial charge in [0.2, 0.25) is 0 Å². The number of methoxy groups -OCH3 is 1. The van der Waals surface area contributed by atoms with Gasteiger partial charge in [-0.25, -0.2) is 0 Å². The van der Waals surface area contributed by atoms with Crippen LogP contribution in [0.3, 0.4) is 0 Å². The Hall–Kier alpha value is -1.30. The van der Waals surface area contributed by atoms with Crippen LogP contribution in [-0.2, 0) is 14.3 Å². The highest BCUT2D eigenvalue weighted by molar-refractivity contribution is 6.32. The van der Waals surface area contributed by atoms with E-state index in [0.717, 1.165) is 51.4 Å². The maximum Gasteiger partial charge on any atom is 0.256 e. The van der Waals surface area contributed by atoms with Crippen molar-refractivity contribution in [3.8, 4) is 5.75 Å². The zero-order valence-electron chi connectivity index (χ0n) is 18.3. The van der Waals surface area contributed by atoms with Gasteiger partial charge in [0.15, 0.2) is 0 Å². The lowest BCUT2D eigenvalue weighted by Crippen LogP contribution is -2.45. The molecule has 0 heterocycles. The number of carbonyl (C=O) groups is 1. The average Bonchev–Trinajstić information content (AvgIpc) is 2.94. The third kappa shape index (κ3) is 7.16. The molecule has 1 amide bonds. The molecule has 1 saturated carbocycles. The quantitative estimate of drug-likeness (QED) is 0.467. The summed E-state index contributed by atoms with van der Waals surface area (Å²) < 4.78 is 17.3. The van der Waals surface area contributed by atoms with Crippen LogP contribution in [0.2, 0.25) is 5.02 Å². The number of halogens is 1. The number of benzene rings is 1. The third-order valence-electron chi connectivity index (χ3n) is 5.61. The molecule has 0 saturated heterocycles. The summed E-state index contributed by atoms with van der Waals surface area (Å²) in [4.78, 5) is 13.1. The Labute approximate surface area is 180 Å². The molecule has 0 unspecified atom stereocenters. The summed E-state index contributed by atoms with van der Waals surface area (Å²) in [6.45, 7) is 7.19. The van der Waals surface area contributed by atoms with Crippen molar-refractivity contribution in [2.75, 3.05) is 25.6 Å². The maximum atomic E-state index is 13.1. The lowest BCUT2D eigenvalue weighted by Gasteiger charge is -2.31. The first-order valence-electron chi connectivity index (χ1n) is 10.7. The van der Waals surface area contributed by atoms with Gasteiger partial charge in [0.1, 0.15) is 11.4 Å². The topological polar surface area (TPSA) is 56.8 Å². The molecular formula is C23H36ClNO4. The summed E-state index contributed by atoms with van der Waals surface area (Å²) >= 11 is 6.39. The second kappa shape index (κ2) is 11.2. The molecule has 0 aromatic heterocycles. The van der Waals surface area contributed by atoms with Crippen molar-refractivity contribution in [1.82, 2.24) is 0 Å². The van der Waals surface area contributed by atoms with Crippen LogP contribution < -0.4 is 10.1 Å². The predicted octanol–water partition coefficient (Wildman–Crippen LogP) is 5.99. The fourth-order valence-electron chi connectivity index (χ4n) is 3.48. The molecule has 1 N–H and O–H groups in total. The van der Waals surface area contributed by atoms with Crippen LogP contribution in [-0.4, -0.2) is 37.4 Å². The minimum atomic E-state index is -0.736. The number of anilines is 1. The maximum absolute atomic E-state index is 13.1. The van der Waals surface area contributed by atoms with Crippen molar-refractivity contribution in [2.45, 2.75) is 83.3 Å². The highest BCUT2D eigenvalue weighted by Crippen LogP contribution is 2.33. The summed E-state index contributed by atoms with van der Waals surface area (Å²) in [5.41, 5.74) is -0.320. The lowest BCUT2D eigenvalue weighted by molar-refractivity contribution is -0.143. The van der Waals surface area contributed by atoms with Crippen LogP contribution in [0.1, 0.15) is 72.1 Å². The minimum absolute atomic E-state index is 0.0700. The van der Waals surface area contributed by atoms with Crippen molar-refractivity contribution in [3.05, 3.63) is 23.2 Å². The molecule has 1 aliphatic rings. The zero-order valence-corrected chi connectivity index (χ0v) is 19.1. The SMILES string of the molecule is CCCOC1(C(=O)Nc2ccc(OCCC(C)(C)OC)c(Cl)c2)CCCCCC1. The highest BCUT2D eigenvalue weighted by Gasteiger charge is 2.39. The molecule has 1 fully saturated rings. The molecule has 6 heteroatoms. The summed E-state index contributed by atoms with van der Waals surface area (Å²) in [7, 11) is 1.69. The molecule has 1 aromatic rings. The molecule has 5 nitrogen and oxygen atoms in total. The fourth-order valence-corrected chi connectivity index (χ4v) is 3.72. The van der Waals surface area contributed by atoms with Gasteiger partial charge < -0.3 is 19.5 Å². The second-order valence-electron chi connectivity index (χ2n) is 8.42. The highest BCUT2D eigenvalue weighted by atomic mass is 35.5. The lowest BCUT2D eigenvalue weighted by atomic mass is 9.92. The smallest absolute Gasteiger partial charge is 0.256 e. The number of hydrogen-bond acceptors (Lipinski definition) is 4.